The maximum absolute atomic E-state index is 12.9. The van der Waals surface area contributed by atoms with Gasteiger partial charge in [-0.25, -0.2) is 8.42 Å². The number of hydrogen-bond donors (Lipinski definition) is 1. The van der Waals surface area contributed by atoms with Gasteiger partial charge in [-0.3, -0.25) is 9.52 Å². The molecule has 1 amide bonds. The largest absolute Gasteiger partial charge is 0.367 e. The molecule has 0 radical (unpaired) electrons. The normalized spacial score (nSPS) is 14.1. The van der Waals surface area contributed by atoms with Crippen molar-refractivity contribution in [2.24, 2.45) is 0 Å². The molecule has 0 unspecified atom stereocenters. The van der Waals surface area contributed by atoms with Crippen molar-refractivity contribution < 1.29 is 17.9 Å². The summed E-state index contributed by atoms with van der Waals surface area (Å²) in [5, 5.41) is 0. The number of fused-ring (bicyclic) bond motifs is 1. The number of hydrogen-bond acceptors (Lipinski definition) is 4. The molecule has 3 aromatic carbocycles. The van der Waals surface area contributed by atoms with Crippen LogP contribution in [0.5, 0.6) is 0 Å². The van der Waals surface area contributed by atoms with Crippen LogP contribution in [0.2, 0.25) is 0 Å². The predicted molar refractivity (Wildman–Crippen MR) is 122 cm³/mol. The lowest BCUT2D eigenvalue weighted by molar-refractivity contribution is -0.123. The van der Waals surface area contributed by atoms with Gasteiger partial charge in [0.05, 0.1) is 25.1 Å². The Morgan fingerprint density at radius 1 is 0.968 bits per heavy atom. The zero-order valence-electron chi connectivity index (χ0n) is 17.5. The average Bonchev–Trinajstić information content (AvgIpc) is 2.87. The second kappa shape index (κ2) is 8.53. The van der Waals surface area contributed by atoms with Crippen LogP contribution in [0, 0.1) is 6.92 Å². The number of aryl methyl sites for hydroxylation is 1. The molecule has 0 aliphatic carbocycles. The molecule has 3 aromatic rings. The lowest BCUT2D eigenvalue weighted by Gasteiger charge is -2.24. The zero-order valence-corrected chi connectivity index (χ0v) is 18.3. The molecule has 0 saturated heterocycles. The third-order valence-electron chi connectivity index (χ3n) is 5.25. The number of anilines is 2. The van der Waals surface area contributed by atoms with Crippen LogP contribution in [0.3, 0.4) is 0 Å². The van der Waals surface area contributed by atoms with Crippen molar-refractivity contribution in [2.75, 3.05) is 22.5 Å². The summed E-state index contributed by atoms with van der Waals surface area (Å²) in [5.74, 6) is -0.0911. The van der Waals surface area contributed by atoms with Crippen LogP contribution >= 0.6 is 0 Å². The molecule has 0 fully saturated rings. The van der Waals surface area contributed by atoms with Crippen molar-refractivity contribution in [3.63, 3.8) is 0 Å². The first-order valence-electron chi connectivity index (χ1n) is 9.94. The van der Waals surface area contributed by atoms with Gasteiger partial charge in [-0.15, -0.1) is 0 Å². The van der Waals surface area contributed by atoms with Gasteiger partial charge >= 0.3 is 0 Å². The van der Waals surface area contributed by atoms with Crippen molar-refractivity contribution >= 4 is 27.3 Å². The van der Waals surface area contributed by atoms with E-state index in [1.165, 1.54) is 0 Å². The van der Waals surface area contributed by atoms with E-state index in [9.17, 15) is 13.2 Å². The number of carbonyl (C=O) groups is 1. The van der Waals surface area contributed by atoms with Crippen LogP contribution in [0.4, 0.5) is 11.4 Å². The number of sulfonamides is 1. The van der Waals surface area contributed by atoms with Crippen molar-refractivity contribution in [3.05, 3.63) is 83.4 Å². The predicted octanol–water partition coefficient (Wildman–Crippen LogP) is 4.10. The summed E-state index contributed by atoms with van der Waals surface area (Å²) in [4.78, 5) is 14.6. The Kier molecular flexibility index (Phi) is 5.80. The highest BCUT2D eigenvalue weighted by atomic mass is 32.2. The summed E-state index contributed by atoms with van der Waals surface area (Å²) in [5.41, 5.74) is 6.18. The number of nitrogens with zero attached hydrogens (tertiary/aromatic N) is 1. The van der Waals surface area contributed by atoms with Gasteiger partial charge in [0, 0.05) is 11.3 Å². The minimum absolute atomic E-state index is 0.0314. The van der Waals surface area contributed by atoms with E-state index in [1.54, 1.807) is 23.1 Å². The first-order valence-corrected chi connectivity index (χ1v) is 11.8. The van der Waals surface area contributed by atoms with Crippen LogP contribution in [-0.2, 0) is 32.7 Å². The molecule has 0 spiro atoms. The van der Waals surface area contributed by atoms with Gasteiger partial charge in [-0.1, -0.05) is 48.5 Å². The van der Waals surface area contributed by atoms with E-state index in [1.807, 2.05) is 55.5 Å². The third-order valence-corrected chi connectivity index (χ3v) is 5.86. The standard InChI is InChI=1S/C24H24N2O4S/c1-17-6-3-4-7-20(17)14-26-23-13-19(10-11-21(23)15-30-16-24(26)27)18-8-5-9-22(12-18)25-31(2,28)29/h3-13,25H,14-16H2,1-2H3. The molecule has 7 heteroatoms. The molecular weight excluding hydrogens is 412 g/mol. The quantitative estimate of drug-likeness (QED) is 0.653. The van der Waals surface area contributed by atoms with E-state index in [-0.39, 0.29) is 12.5 Å². The van der Waals surface area contributed by atoms with Crippen LogP contribution < -0.4 is 9.62 Å². The van der Waals surface area contributed by atoms with E-state index >= 15 is 0 Å². The number of rotatable bonds is 5. The van der Waals surface area contributed by atoms with Gasteiger partial charge < -0.3 is 9.64 Å². The minimum atomic E-state index is -3.37. The van der Waals surface area contributed by atoms with Crippen molar-refractivity contribution in [1.82, 2.24) is 0 Å². The second-order valence-corrected chi connectivity index (χ2v) is 9.45. The second-order valence-electron chi connectivity index (χ2n) is 7.70. The molecule has 1 N–H and O–H groups in total. The summed E-state index contributed by atoms with van der Waals surface area (Å²) in [7, 11) is -3.37. The number of amides is 1. The number of carbonyl (C=O) groups excluding carboxylic acids is 1. The average molecular weight is 437 g/mol. The van der Waals surface area contributed by atoms with Crippen molar-refractivity contribution in [1.29, 1.82) is 0 Å². The minimum Gasteiger partial charge on any atom is -0.367 e. The fraction of sp³-hybridized carbons (Fsp3) is 0.208. The number of nitrogens with one attached hydrogen (secondary N) is 1. The Morgan fingerprint density at radius 3 is 2.52 bits per heavy atom. The van der Waals surface area contributed by atoms with Crippen LogP contribution in [-0.4, -0.2) is 27.2 Å². The van der Waals surface area contributed by atoms with E-state index in [0.717, 1.165) is 39.8 Å². The molecule has 6 nitrogen and oxygen atoms in total. The first kappa shape index (κ1) is 21.1. The lowest BCUT2D eigenvalue weighted by atomic mass is 10.0. The molecule has 160 valence electrons. The first-order chi connectivity index (χ1) is 14.8. The smallest absolute Gasteiger partial charge is 0.253 e. The highest BCUT2D eigenvalue weighted by Gasteiger charge is 2.24. The molecule has 1 aliphatic rings. The van der Waals surface area contributed by atoms with E-state index in [4.69, 9.17) is 4.74 Å². The topological polar surface area (TPSA) is 75.7 Å². The highest BCUT2D eigenvalue weighted by Crippen LogP contribution is 2.33. The summed E-state index contributed by atoms with van der Waals surface area (Å²) in [6.45, 7) is 2.89. The van der Waals surface area contributed by atoms with E-state index < -0.39 is 10.0 Å². The number of benzene rings is 3. The van der Waals surface area contributed by atoms with E-state index in [2.05, 4.69) is 4.72 Å². The van der Waals surface area contributed by atoms with Crippen LogP contribution in [0.15, 0.2) is 66.7 Å². The molecular formula is C24H24N2O4S. The van der Waals surface area contributed by atoms with Gasteiger partial charge in [0.15, 0.2) is 0 Å². The van der Waals surface area contributed by atoms with Gasteiger partial charge in [-0.2, -0.15) is 0 Å². The molecule has 0 atom stereocenters. The van der Waals surface area contributed by atoms with Gasteiger partial charge in [0.25, 0.3) is 5.91 Å². The molecule has 31 heavy (non-hydrogen) atoms. The zero-order chi connectivity index (χ0) is 22.0. The lowest BCUT2D eigenvalue weighted by Crippen LogP contribution is -2.32. The van der Waals surface area contributed by atoms with Gasteiger partial charge in [0.2, 0.25) is 10.0 Å². The molecule has 0 saturated carbocycles. The van der Waals surface area contributed by atoms with Crippen molar-refractivity contribution in [3.8, 4) is 11.1 Å². The van der Waals surface area contributed by atoms with Gasteiger partial charge in [-0.05, 0) is 47.4 Å². The maximum atomic E-state index is 12.9. The Bertz CT molecular complexity index is 1240. The molecule has 1 heterocycles. The fourth-order valence-corrected chi connectivity index (χ4v) is 4.24. The Labute approximate surface area is 182 Å². The number of ether oxygens (including phenoxy) is 1. The highest BCUT2D eigenvalue weighted by molar-refractivity contribution is 7.92. The molecule has 0 bridgehead atoms. The summed E-state index contributed by atoms with van der Waals surface area (Å²) >= 11 is 0. The van der Waals surface area contributed by atoms with Crippen LogP contribution in [0.1, 0.15) is 16.7 Å². The Balaban J connectivity index is 1.74. The van der Waals surface area contributed by atoms with Crippen LogP contribution in [0.25, 0.3) is 11.1 Å². The molecule has 1 aliphatic heterocycles. The van der Waals surface area contributed by atoms with Gasteiger partial charge in [0.1, 0.15) is 6.61 Å². The molecule has 4 rings (SSSR count). The van der Waals surface area contributed by atoms with E-state index in [0.29, 0.717) is 18.8 Å². The Hall–Kier alpha value is -3.16. The summed E-state index contributed by atoms with van der Waals surface area (Å²) < 4.78 is 31.3. The summed E-state index contributed by atoms with van der Waals surface area (Å²) in [6, 6.07) is 21.1. The summed E-state index contributed by atoms with van der Waals surface area (Å²) in [6.07, 6.45) is 1.12. The Morgan fingerprint density at radius 2 is 1.74 bits per heavy atom. The van der Waals surface area contributed by atoms with Crippen molar-refractivity contribution in [2.45, 2.75) is 20.1 Å². The maximum Gasteiger partial charge on any atom is 0.253 e. The fourth-order valence-electron chi connectivity index (χ4n) is 3.68. The third kappa shape index (κ3) is 4.95. The molecule has 0 aromatic heterocycles. The SMILES string of the molecule is Cc1ccccc1CN1C(=O)COCc2ccc(-c3cccc(NS(C)(=O)=O)c3)cc21. The monoisotopic (exact) mass is 436 g/mol.